The predicted molar refractivity (Wildman–Crippen MR) is 75.2 cm³/mol. The van der Waals surface area contributed by atoms with Crippen LogP contribution in [0.1, 0.15) is 24.8 Å². The molecule has 1 saturated carbocycles. The number of rotatable bonds is 4. The third-order valence-corrected chi connectivity index (χ3v) is 4.75. The highest BCUT2D eigenvalue weighted by Crippen LogP contribution is 2.30. The summed E-state index contributed by atoms with van der Waals surface area (Å²) in [5, 5.41) is 5.01. The van der Waals surface area contributed by atoms with Crippen LogP contribution in [0.15, 0.2) is 18.2 Å². The van der Waals surface area contributed by atoms with Crippen LogP contribution in [0.2, 0.25) is 10.0 Å². The summed E-state index contributed by atoms with van der Waals surface area (Å²) in [5.74, 6) is 0.592. The van der Waals surface area contributed by atoms with Crippen molar-refractivity contribution in [1.29, 1.82) is 0 Å². The zero-order valence-electron chi connectivity index (χ0n) is 9.56. The van der Waals surface area contributed by atoms with E-state index in [-0.39, 0.29) is 0 Å². The first kappa shape index (κ1) is 13.5. The molecule has 1 aliphatic rings. The highest BCUT2D eigenvalue weighted by molar-refractivity contribution is 6.42. The molecular formula is C13H16Cl3N. The molecule has 4 heteroatoms. The molecule has 1 aromatic carbocycles. The summed E-state index contributed by atoms with van der Waals surface area (Å²) in [6.45, 7) is 1.70. The minimum absolute atomic E-state index is 0.331. The van der Waals surface area contributed by atoms with Crippen molar-refractivity contribution in [3.05, 3.63) is 33.8 Å². The van der Waals surface area contributed by atoms with E-state index in [0.717, 1.165) is 25.1 Å². The van der Waals surface area contributed by atoms with Gasteiger partial charge in [0, 0.05) is 11.9 Å². The van der Waals surface area contributed by atoms with Gasteiger partial charge in [0.2, 0.25) is 0 Å². The summed E-state index contributed by atoms with van der Waals surface area (Å²) in [7, 11) is 0. The Bertz CT molecular complexity index is 381. The van der Waals surface area contributed by atoms with E-state index in [1.54, 1.807) is 6.07 Å². The van der Waals surface area contributed by atoms with Gasteiger partial charge in [0.15, 0.2) is 0 Å². The van der Waals surface area contributed by atoms with Gasteiger partial charge in [0.25, 0.3) is 0 Å². The van der Waals surface area contributed by atoms with E-state index >= 15 is 0 Å². The molecule has 17 heavy (non-hydrogen) atoms. The second-order valence-corrected chi connectivity index (χ2v) is 5.90. The summed E-state index contributed by atoms with van der Waals surface area (Å²) in [4.78, 5) is 0. The number of halogens is 3. The van der Waals surface area contributed by atoms with Gasteiger partial charge in [-0.1, -0.05) is 41.8 Å². The van der Waals surface area contributed by atoms with E-state index in [4.69, 9.17) is 34.8 Å². The minimum atomic E-state index is 0.331. The molecule has 1 nitrogen and oxygen atoms in total. The average Bonchev–Trinajstić information content (AvgIpc) is 2.71. The predicted octanol–water partition coefficient (Wildman–Crippen LogP) is 4.49. The van der Waals surface area contributed by atoms with Gasteiger partial charge < -0.3 is 5.32 Å². The van der Waals surface area contributed by atoms with Gasteiger partial charge in [-0.05, 0) is 36.9 Å². The van der Waals surface area contributed by atoms with Gasteiger partial charge in [-0.15, -0.1) is 11.6 Å². The fourth-order valence-corrected chi connectivity index (χ4v) is 3.06. The van der Waals surface area contributed by atoms with Crippen molar-refractivity contribution in [2.24, 2.45) is 5.92 Å². The summed E-state index contributed by atoms with van der Waals surface area (Å²) in [6, 6.07) is 5.72. The zero-order valence-corrected chi connectivity index (χ0v) is 11.8. The number of hydrogen-bond donors (Lipinski definition) is 1. The maximum Gasteiger partial charge on any atom is 0.0637 e. The summed E-state index contributed by atoms with van der Waals surface area (Å²) < 4.78 is 0. The molecule has 0 spiro atoms. The van der Waals surface area contributed by atoms with E-state index in [1.165, 1.54) is 12.8 Å². The Morgan fingerprint density at radius 1 is 1.24 bits per heavy atom. The fourth-order valence-electron chi connectivity index (χ4n) is 2.30. The van der Waals surface area contributed by atoms with Crippen molar-refractivity contribution in [1.82, 2.24) is 5.32 Å². The Morgan fingerprint density at radius 3 is 2.76 bits per heavy atom. The molecule has 2 atom stereocenters. The van der Waals surface area contributed by atoms with Gasteiger partial charge in [0.1, 0.15) is 0 Å². The molecule has 0 heterocycles. The van der Waals surface area contributed by atoms with Gasteiger partial charge in [-0.3, -0.25) is 0 Å². The molecule has 2 unspecified atom stereocenters. The second kappa shape index (κ2) is 6.29. The highest BCUT2D eigenvalue weighted by Gasteiger charge is 2.24. The van der Waals surface area contributed by atoms with Crippen LogP contribution in [0, 0.1) is 5.92 Å². The largest absolute Gasteiger partial charge is 0.312 e. The lowest BCUT2D eigenvalue weighted by atomic mass is 10.1. The normalized spacial score (nSPS) is 24.2. The molecule has 1 N–H and O–H groups in total. The molecule has 94 valence electrons. The fraction of sp³-hybridized carbons (Fsp3) is 0.538. The number of hydrogen-bond acceptors (Lipinski definition) is 1. The lowest BCUT2D eigenvalue weighted by Crippen LogP contribution is -2.25. The molecule has 1 aromatic rings. The van der Waals surface area contributed by atoms with Crippen molar-refractivity contribution in [2.75, 3.05) is 6.54 Å². The first-order chi connectivity index (χ1) is 8.18. The number of benzene rings is 1. The second-order valence-electron chi connectivity index (χ2n) is 4.55. The van der Waals surface area contributed by atoms with E-state index in [2.05, 4.69) is 5.32 Å². The SMILES string of the molecule is Clc1cccc(CNCC2CCCC2Cl)c1Cl. The highest BCUT2D eigenvalue weighted by atomic mass is 35.5. The summed E-state index contributed by atoms with van der Waals surface area (Å²) in [5.41, 5.74) is 1.04. The monoisotopic (exact) mass is 291 g/mol. The molecule has 1 aliphatic carbocycles. The molecule has 0 aromatic heterocycles. The third-order valence-electron chi connectivity index (χ3n) is 3.32. The first-order valence-corrected chi connectivity index (χ1v) is 7.15. The van der Waals surface area contributed by atoms with Crippen molar-refractivity contribution in [3.8, 4) is 0 Å². The first-order valence-electron chi connectivity index (χ1n) is 5.96. The van der Waals surface area contributed by atoms with Crippen molar-refractivity contribution in [3.63, 3.8) is 0 Å². The molecule has 1 fully saturated rings. The Hall–Kier alpha value is 0.0500. The molecule has 0 saturated heterocycles. The Labute approximate surface area is 117 Å². The summed E-state index contributed by atoms with van der Waals surface area (Å²) >= 11 is 18.3. The third kappa shape index (κ3) is 3.51. The van der Waals surface area contributed by atoms with Crippen LogP contribution in [0.4, 0.5) is 0 Å². The van der Waals surface area contributed by atoms with Crippen molar-refractivity contribution >= 4 is 34.8 Å². The van der Waals surface area contributed by atoms with E-state index in [1.807, 2.05) is 12.1 Å². The van der Waals surface area contributed by atoms with E-state index in [9.17, 15) is 0 Å². The standard InChI is InChI=1S/C13H16Cl3N/c14-11-5-1-3-9(11)7-17-8-10-4-2-6-12(15)13(10)16/h2,4,6,9,11,17H,1,3,5,7-8H2. The van der Waals surface area contributed by atoms with E-state index in [0.29, 0.717) is 21.3 Å². The van der Waals surface area contributed by atoms with Gasteiger partial charge >= 0.3 is 0 Å². The number of nitrogens with one attached hydrogen (secondary N) is 1. The Balaban J connectivity index is 1.84. The van der Waals surface area contributed by atoms with Crippen LogP contribution in [-0.4, -0.2) is 11.9 Å². The maximum absolute atomic E-state index is 6.23. The van der Waals surface area contributed by atoms with Crippen LogP contribution in [-0.2, 0) is 6.54 Å². The average molecular weight is 293 g/mol. The minimum Gasteiger partial charge on any atom is -0.312 e. The lowest BCUT2D eigenvalue weighted by molar-refractivity contribution is 0.494. The van der Waals surface area contributed by atoms with Gasteiger partial charge in [-0.2, -0.15) is 0 Å². The molecular weight excluding hydrogens is 277 g/mol. The van der Waals surface area contributed by atoms with Crippen LogP contribution in [0.3, 0.4) is 0 Å². The van der Waals surface area contributed by atoms with Crippen molar-refractivity contribution in [2.45, 2.75) is 31.2 Å². The smallest absolute Gasteiger partial charge is 0.0637 e. The van der Waals surface area contributed by atoms with Crippen LogP contribution in [0.5, 0.6) is 0 Å². The lowest BCUT2D eigenvalue weighted by Gasteiger charge is -2.15. The van der Waals surface area contributed by atoms with Gasteiger partial charge in [0.05, 0.1) is 10.0 Å². The molecule has 0 radical (unpaired) electrons. The van der Waals surface area contributed by atoms with Crippen molar-refractivity contribution < 1.29 is 0 Å². The van der Waals surface area contributed by atoms with Crippen LogP contribution < -0.4 is 5.32 Å². The maximum atomic E-state index is 6.23. The molecule has 0 amide bonds. The number of alkyl halides is 1. The van der Waals surface area contributed by atoms with Crippen LogP contribution >= 0.6 is 34.8 Å². The molecule has 2 rings (SSSR count). The van der Waals surface area contributed by atoms with Gasteiger partial charge in [-0.25, -0.2) is 0 Å². The molecule has 0 aliphatic heterocycles. The van der Waals surface area contributed by atoms with E-state index < -0.39 is 0 Å². The Kier molecular flexibility index (Phi) is 4.98. The topological polar surface area (TPSA) is 12.0 Å². The Morgan fingerprint density at radius 2 is 2.06 bits per heavy atom. The van der Waals surface area contributed by atoms with Crippen LogP contribution in [0.25, 0.3) is 0 Å². The quantitative estimate of drug-likeness (QED) is 0.806. The summed E-state index contributed by atoms with van der Waals surface area (Å²) in [6.07, 6.45) is 3.62. The molecule has 0 bridgehead atoms. The zero-order chi connectivity index (χ0) is 12.3.